The first-order chi connectivity index (χ1) is 9.25. The highest BCUT2D eigenvalue weighted by molar-refractivity contribution is 5.33. The Balaban J connectivity index is 1.69. The molecule has 19 heavy (non-hydrogen) atoms. The Hall–Kier alpha value is -1.06. The van der Waals surface area contributed by atoms with E-state index in [0.29, 0.717) is 0 Å². The maximum absolute atomic E-state index is 6.58. The van der Waals surface area contributed by atoms with Crippen LogP contribution < -0.4 is 10.5 Å². The zero-order valence-electron chi connectivity index (χ0n) is 11.6. The molecule has 3 heteroatoms. The van der Waals surface area contributed by atoms with Gasteiger partial charge in [-0.2, -0.15) is 0 Å². The summed E-state index contributed by atoms with van der Waals surface area (Å²) in [6.45, 7) is 3.72. The Morgan fingerprint density at radius 1 is 1.16 bits per heavy atom. The first-order valence-electron chi connectivity index (χ1n) is 7.47. The molecule has 1 aromatic rings. The van der Waals surface area contributed by atoms with E-state index in [0.717, 1.165) is 32.0 Å². The summed E-state index contributed by atoms with van der Waals surface area (Å²) in [5, 5.41) is 0. The fourth-order valence-corrected chi connectivity index (χ4v) is 3.37. The maximum Gasteiger partial charge on any atom is 0.123 e. The molecule has 0 bridgehead atoms. The molecule has 2 aliphatic rings. The summed E-state index contributed by atoms with van der Waals surface area (Å²) in [5.74, 6) is 1.04. The zero-order valence-corrected chi connectivity index (χ0v) is 11.6. The maximum atomic E-state index is 6.58. The third-order valence-electron chi connectivity index (χ3n) is 4.42. The molecule has 0 atom stereocenters. The number of rotatable bonds is 2. The van der Waals surface area contributed by atoms with E-state index in [4.69, 9.17) is 10.5 Å². The van der Waals surface area contributed by atoms with Crippen molar-refractivity contribution < 1.29 is 4.74 Å². The second-order valence-electron chi connectivity index (χ2n) is 6.09. The Morgan fingerprint density at radius 3 is 2.79 bits per heavy atom. The monoisotopic (exact) mass is 260 g/mol. The molecule has 0 unspecified atom stereocenters. The average molecular weight is 260 g/mol. The van der Waals surface area contributed by atoms with Gasteiger partial charge < -0.3 is 10.5 Å². The van der Waals surface area contributed by atoms with E-state index in [-0.39, 0.29) is 5.54 Å². The molecular formula is C16H24N2O. The molecule has 1 heterocycles. The Labute approximate surface area is 115 Å². The molecule has 3 rings (SSSR count). The Kier molecular flexibility index (Phi) is 3.76. The fraction of sp³-hybridized carbons (Fsp3) is 0.625. The van der Waals surface area contributed by atoms with E-state index >= 15 is 0 Å². The number of nitrogens with zero attached hydrogens (tertiary/aromatic N) is 1. The van der Waals surface area contributed by atoms with E-state index in [9.17, 15) is 0 Å². The van der Waals surface area contributed by atoms with Crippen LogP contribution in [0, 0.1) is 0 Å². The molecule has 0 amide bonds. The highest BCUT2D eigenvalue weighted by Crippen LogP contribution is 2.29. The summed E-state index contributed by atoms with van der Waals surface area (Å²) in [6, 6.07) is 8.36. The number of nitrogens with two attached hydrogens (primary N) is 1. The summed E-state index contributed by atoms with van der Waals surface area (Å²) >= 11 is 0. The van der Waals surface area contributed by atoms with E-state index < -0.39 is 0 Å². The van der Waals surface area contributed by atoms with Crippen LogP contribution in [0.15, 0.2) is 24.3 Å². The summed E-state index contributed by atoms with van der Waals surface area (Å²) in [6.07, 6.45) is 6.28. The first-order valence-corrected chi connectivity index (χ1v) is 7.47. The van der Waals surface area contributed by atoms with Gasteiger partial charge in [-0.15, -0.1) is 0 Å². The molecular weight excluding hydrogens is 236 g/mol. The largest absolute Gasteiger partial charge is 0.492 e. The van der Waals surface area contributed by atoms with Crippen LogP contribution in [0.2, 0.25) is 0 Å². The summed E-state index contributed by atoms with van der Waals surface area (Å²) in [5.41, 5.74) is 7.89. The topological polar surface area (TPSA) is 38.5 Å². The number of fused-ring (bicyclic) bond motifs is 1. The highest BCUT2D eigenvalue weighted by Gasteiger charge is 2.30. The molecule has 1 fully saturated rings. The third kappa shape index (κ3) is 3.10. The number of para-hydroxylation sites is 1. The third-order valence-corrected chi connectivity index (χ3v) is 4.42. The van der Waals surface area contributed by atoms with Gasteiger partial charge in [0, 0.05) is 30.7 Å². The number of ether oxygens (including phenoxy) is 1. The molecule has 1 aliphatic carbocycles. The van der Waals surface area contributed by atoms with Crippen molar-refractivity contribution in [2.24, 2.45) is 5.73 Å². The van der Waals surface area contributed by atoms with Gasteiger partial charge in [0.2, 0.25) is 0 Å². The molecule has 2 N–H and O–H groups in total. The van der Waals surface area contributed by atoms with Crippen molar-refractivity contribution in [1.82, 2.24) is 4.90 Å². The van der Waals surface area contributed by atoms with Crippen molar-refractivity contribution in [3.05, 3.63) is 29.8 Å². The Bertz CT molecular complexity index is 427. The van der Waals surface area contributed by atoms with Gasteiger partial charge in [0.05, 0.1) is 0 Å². The van der Waals surface area contributed by atoms with Gasteiger partial charge in [0.15, 0.2) is 0 Å². The van der Waals surface area contributed by atoms with E-state index in [1.54, 1.807) is 0 Å². The molecule has 3 nitrogen and oxygen atoms in total. The van der Waals surface area contributed by atoms with Crippen molar-refractivity contribution in [2.45, 2.75) is 44.2 Å². The molecule has 104 valence electrons. The molecule has 0 spiro atoms. The predicted molar refractivity (Wildman–Crippen MR) is 77.2 cm³/mol. The lowest BCUT2D eigenvalue weighted by Gasteiger charge is -2.37. The van der Waals surface area contributed by atoms with Gasteiger partial charge in [0.25, 0.3) is 0 Å². The van der Waals surface area contributed by atoms with Crippen LogP contribution in [0.5, 0.6) is 5.75 Å². The van der Waals surface area contributed by atoms with Gasteiger partial charge in [0.1, 0.15) is 12.4 Å². The van der Waals surface area contributed by atoms with Gasteiger partial charge in [-0.3, -0.25) is 4.90 Å². The molecule has 0 saturated heterocycles. The quantitative estimate of drug-likeness (QED) is 0.888. The van der Waals surface area contributed by atoms with Crippen LogP contribution in [0.25, 0.3) is 0 Å². The fourth-order valence-electron chi connectivity index (χ4n) is 3.37. The minimum atomic E-state index is 0.0253. The lowest BCUT2D eigenvalue weighted by molar-refractivity contribution is 0.155. The van der Waals surface area contributed by atoms with Crippen molar-refractivity contribution >= 4 is 0 Å². The summed E-state index contributed by atoms with van der Waals surface area (Å²) < 4.78 is 5.82. The van der Waals surface area contributed by atoms with Crippen LogP contribution in [-0.2, 0) is 6.54 Å². The van der Waals surface area contributed by atoms with Crippen molar-refractivity contribution in [1.29, 1.82) is 0 Å². The van der Waals surface area contributed by atoms with Crippen molar-refractivity contribution in [3.8, 4) is 5.75 Å². The lowest BCUT2D eigenvalue weighted by Crippen LogP contribution is -2.51. The van der Waals surface area contributed by atoms with E-state index in [1.165, 1.54) is 37.7 Å². The Morgan fingerprint density at radius 2 is 1.95 bits per heavy atom. The van der Waals surface area contributed by atoms with Crippen molar-refractivity contribution in [2.75, 3.05) is 19.7 Å². The van der Waals surface area contributed by atoms with Crippen LogP contribution >= 0.6 is 0 Å². The minimum Gasteiger partial charge on any atom is -0.492 e. The van der Waals surface area contributed by atoms with E-state index in [1.807, 2.05) is 6.07 Å². The second-order valence-corrected chi connectivity index (χ2v) is 6.09. The van der Waals surface area contributed by atoms with Crippen LogP contribution in [0.3, 0.4) is 0 Å². The van der Waals surface area contributed by atoms with Gasteiger partial charge >= 0.3 is 0 Å². The van der Waals surface area contributed by atoms with Crippen LogP contribution in [0.1, 0.15) is 37.7 Å². The number of benzene rings is 1. The molecule has 0 radical (unpaired) electrons. The first kappa shape index (κ1) is 12.9. The lowest BCUT2D eigenvalue weighted by atomic mass is 9.82. The second kappa shape index (κ2) is 5.51. The zero-order chi connectivity index (χ0) is 13.1. The number of hydrogen-bond acceptors (Lipinski definition) is 3. The smallest absolute Gasteiger partial charge is 0.123 e. The molecule has 1 aliphatic heterocycles. The molecule has 1 aromatic carbocycles. The highest BCUT2D eigenvalue weighted by atomic mass is 16.5. The van der Waals surface area contributed by atoms with Gasteiger partial charge in [-0.1, -0.05) is 37.5 Å². The molecule has 0 aromatic heterocycles. The SMILES string of the molecule is NC1(CN2CCOc3ccccc3C2)CCCCC1. The van der Waals surface area contributed by atoms with Crippen molar-refractivity contribution in [3.63, 3.8) is 0 Å². The summed E-state index contributed by atoms with van der Waals surface area (Å²) in [4.78, 5) is 2.47. The van der Waals surface area contributed by atoms with Crippen LogP contribution in [0.4, 0.5) is 0 Å². The minimum absolute atomic E-state index is 0.0253. The predicted octanol–water partition coefficient (Wildman–Crippen LogP) is 2.54. The van der Waals surface area contributed by atoms with Gasteiger partial charge in [-0.05, 0) is 18.9 Å². The average Bonchev–Trinajstić information content (AvgIpc) is 2.60. The molecule has 1 saturated carbocycles. The number of hydrogen-bond donors (Lipinski definition) is 1. The van der Waals surface area contributed by atoms with Gasteiger partial charge in [-0.25, -0.2) is 0 Å². The van der Waals surface area contributed by atoms with E-state index in [2.05, 4.69) is 23.1 Å². The summed E-state index contributed by atoms with van der Waals surface area (Å²) in [7, 11) is 0. The normalized spacial score (nSPS) is 23.2. The van der Waals surface area contributed by atoms with Crippen LogP contribution in [-0.4, -0.2) is 30.1 Å². The standard InChI is InChI=1S/C16H24N2O/c17-16(8-4-1-5-9-16)13-18-10-11-19-15-7-3-2-6-14(15)12-18/h2-3,6-7H,1,4-5,8-13,17H2.